The van der Waals surface area contributed by atoms with Crippen LogP contribution < -0.4 is 10.6 Å². The maximum absolute atomic E-state index is 5.74. The fraction of sp³-hybridized carbons (Fsp3) is 0.667. The first-order chi connectivity index (χ1) is 9.38. The number of nitrogen functional groups attached to an aromatic ring is 1. The number of rotatable bonds is 5. The number of anilines is 2. The SMILES string of the molecule is CCN(CC)C(=S)SC(C)c1nc(N)nc(N(C)C)n1. The van der Waals surface area contributed by atoms with E-state index in [1.54, 1.807) is 11.8 Å². The lowest BCUT2D eigenvalue weighted by Gasteiger charge is -2.23. The average molecular weight is 314 g/mol. The highest BCUT2D eigenvalue weighted by atomic mass is 32.2. The molecular weight excluding hydrogens is 292 g/mol. The Hall–Kier alpha value is -1.15. The number of thiocarbonyl (C=S) groups is 1. The van der Waals surface area contributed by atoms with Crippen LogP contribution in [0.25, 0.3) is 0 Å². The third-order valence-electron chi connectivity index (χ3n) is 2.72. The van der Waals surface area contributed by atoms with Crippen LogP contribution in [0.2, 0.25) is 0 Å². The Kier molecular flexibility index (Phi) is 6.41. The highest BCUT2D eigenvalue weighted by Gasteiger charge is 2.17. The van der Waals surface area contributed by atoms with Crippen LogP contribution in [0.1, 0.15) is 31.8 Å². The monoisotopic (exact) mass is 314 g/mol. The molecular formula is C12H22N6S2. The third-order valence-corrected chi connectivity index (χ3v) is 4.29. The number of thioether (sulfide) groups is 1. The Morgan fingerprint density at radius 3 is 2.35 bits per heavy atom. The molecule has 1 rings (SSSR count). The molecule has 1 aromatic heterocycles. The van der Waals surface area contributed by atoms with Crippen LogP contribution in [-0.4, -0.2) is 51.4 Å². The molecule has 1 aromatic rings. The predicted octanol–water partition coefficient (Wildman–Crippen LogP) is 1.94. The summed E-state index contributed by atoms with van der Waals surface area (Å²) in [6.07, 6.45) is 0. The molecule has 0 fully saturated rings. The lowest BCUT2D eigenvalue weighted by Crippen LogP contribution is -2.27. The summed E-state index contributed by atoms with van der Waals surface area (Å²) in [5.74, 6) is 1.45. The molecule has 112 valence electrons. The number of nitrogens with two attached hydrogens (primary N) is 1. The Balaban J connectivity index is 2.87. The van der Waals surface area contributed by atoms with E-state index in [9.17, 15) is 0 Å². The number of hydrogen-bond donors (Lipinski definition) is 1. The first-order valence-corrected chi connectivity index (χ1v) is 7.82. The molecule has 0 aliphatic heterocycles. The van der Waals surface area contributed by atoms with E-state index < -0.39 is 0 Å². The highest BCUT2D eigenvalue weighted by molar-refractivity contribution is 8.23. The Morgan fingerprint density at radius 1 is 1.25 bits per heavy atom. The van der Waals surface area contributed by atoms with Gasteiger partial charge in [0.25, 0.3) is 0 Å². The van der Waals surface area contributed by atoms with Gasteiger partial charge in [-0.05, 0) is 20.8 Å². The van der Waals surface area contributed by atoms with Crippen LogP contribution in [0.5, 0.6) is 0 Å². The second-order valence-corrected chi connectivity index (χ2v) is 6.42. The van der Waals surface area contributed by atoms with Crippen molar-refractivity contribution in [2.45, 2.75) is 26.0 Å². The first kappa shape index (κ1) is 16.9. The van der Waals surface area contributed by atoms with Gasteiger partial charge in [0.1, 0.15) is 10.1 Å². The van der Waals surface area contributed by atoms with Crippen LogP contribution in [0.3, 0.4) is 0 Å². The van der Waals surface area contributed by atoms with Crippen molar-refractivity contribution in [1.29, 1.82) is 0 Å². The summed E-state index contributed by atoms with van der Waals surface area (Å²) in [5.41, 5.74) is 5.74. The van der Waals surface area contributed by atoms with Gasteiger partial charge in [0.05, 0.1) is 5.25 Å². The number of nitrogens with zero attached hydrogens (tertiary/aromatic N) is 5. The van der Waals surface area contributed by atoms with Crippen molar-refractivity contribution < 1.29 is 0 Å². The minimum Gasteiger partial charge on any atom is -0.368 e. The van der Waals surface area contributed by atoms with Crippen molar-refractivity contribution in [3.63, 3.8) is 0 Å². The highest BCUT2D eigenvalue weighted by Crippen LogP contribution is 2.29. The summed E-state index contributed by atoms with van der Waals surface area (Å²) in [5, 5.41) is 0.0344. The maximum Gasteiger partial charge on any atom is 0.229 e. The van der Waals surface area contributed by atoms with Crippen molar-refractivity contribution in [3.8, 4) is 0 Å². The molecule has 0 bridgehead atoms. The van der Waals surface area contributed by atoms with E-state index >= 15 is 0 Å². The van der Waals surface area contributed by atoms with E-state index in [4.69, 9.17) is 18.0 Å². The number of hydrogen-bond acceptors (Lipinski definition) is 7. The summed E-state index contributed by atoms with van der Waals surface area (Å²) in [4.78, 5) is 16.7. The molecule has 0 aromatic carbocycles. The lowest BCUT2D eigenvalue weighted by atomic mass is 10.4. The van der Waals surface area contributed by atoms with Gasteiger partial charge in [-0.1, -0.05) is 24.0 Å². The molecule has 1 unspecified atom stereocenters. The van der Waals surface area contributed by atoms with Gasteiger partial charge in [-0.2, -0.15) is 15.0 Å². The van der Waals surface area contributed by atoms with Crippen molar-refractivity contribution in [3.05, 3.63) is 5.82 Å². The van der Waals surface area contributed by atoms with Gasteiger partial charge in [0.15, 0.2) is 0 Å². The lowest BCUT2D eigenvalue weighted by molar-refractivity contribution is 0.482. The zero-order valence-electron chi connectivity index (χ0n) is 12.6. The maximum atomic E-state index is 5.74. The van der Waals surface area contributed by atoms with Gasteiger partial charge in [-0.25, -0.2) is 0 Å². The molecule has 20 heavy (non-hydrogen) atoms. The largest absolute Gasteiger partial charge is 0.368 e. The molecule has 0 aliphatic carbocycles. The molecule has 6 nitrogen and oxygen atoms in total. The summed E-state index contributed by atoms with van der Waals surface area (Å²) in [6.45, 7) is 8.00. The molecule has 8 heteroatoms. The van der Waals surface area contributed by atoms with Gasteiger partial charge in [-0.15, -0.1) is 0 Å². The second-order valence-electron chi connectivity index (χ2n) is 4.44. The van der Waals surface area contributed by atoms with Gasteiger partial charge in [0.2, 0.25) is 11.9 Å². The molecule has 0 radical (unpaired) electrons. The molecule has 0 saturated carbocycles. The molecule has 0 spiro atoms. The standard InChI is InChI=1S/C12H22N6S2/c1-6-18(7-2)12(19)20-8(3)9-14-10(13)16-11(15-9)17(4)5/h8H,6-7H2,1-5H3,(H2,13,14,15,16). The van der Waals surface area contributed by atoms with Crippen molar-refractivity contribution in [2.75, 3.05) is 37.8 Å². The molecule has 1 atom stereocenters. The van der Waals surface area contributed by atoms with E-state index in [-0.39, 0.29) is 11.2 Å². The number of aromatic nitrogens is 3. The topological polar surface area (TPSA) is 71.2 Å². The smallest absolute Gasteiger partial charge is 0.229 e. The quantitative estimate of drug-likeness (QED) is 0.827. The van der Waals surface area contributed by atoms with Gasteiger partial charge in [0, 0.05) is 27.2 Å². The van der Waals surface area contributed by atoms with E-state index in [2.05, 4.69) is 33.7 Å². The Bertz CT molecular complexity index is 461. The van der Waals surface area contributed by atoms with E-state index in [0.717, 1.165) is 17.4 Å². The minimum absolute atomic E-state index is 0.0344. The zero-order valence-corrected chi connectivity index (χ0v) is 14.3. The van der Waals surface area contributed by atoms with Crippen LogP contribution >= 0.6 is 24.0 Å². The zero-order chi connectivity index (χ0) is 15.3. The van der Waals surface area contributed by atoms with E-state index in [1.807, 2.05) is 25.9 Å². The first-order valence-electron chi connectivity index (χ1n) is 6.53. The third kappa shape index (κ3) is 4.45. The van der Waals surface area contributed by atoms with Crippen LogP contribution in [0.15, 0.2) is 0 Å². The summed E-state index contributed by atoms with van der Waals surface area (Å²) >= 11 is 7.01. The van der Waals surface area contributed by atoms with Gasteiger partial charge in [-0.3, -0.25) is 0 Å². The molecule has 0 saturated heterocycles. The van der Waals surface area contributed by atoms with E-state index in [0.29, 0.717) is 11.8 Å². The van der Waals surface area contributed by atoms with Crippen LogP contribution in [0.4, 0.5) is 11.9 Å². The Morgan fingerprint density at radius 2 is 1.85 bits per heavy atom. The Labute approximate surface area is 130 Å². The second kappa shape index (κ2) is 7.58. The summed E-state index contributed by atoms with van der Waals surface area (Å²) in [6, 6.07) is 0. The van der Waals surface area contributed by atoms with Gasteiger partial charge >= 0.3 is 0 Å². The molecule has 0 aliphatic rings. The molecule has 1 heterocycles. The van der Waals surface area contributed by atoms with Crippen LogP contribution in [0, 0.1) is 0 Å². The predicted molar refractivity (Wildman–Crippen MR) is 90.1 cm³/mol. The van der Waals surface area contributed by atoms with Crippen molar-refractivity contribution in [2.24, 2.45) is 0 Å². The fourth-order valence-electron chi connectivity index (χ4n) is 1.54. The fourth-order valence-corrected chi connectivity index (χ4v) is 3.15. The molecule has 0 amide bonds. The van der Waals surface area contributed by atoms with Crippen LogP contribution in [-0.2, 0) is 0 Å². The van der Waals surface area contributed by atoms with Crippen molar-refractivity contribution in [1.82, 2.24) is 19.9 Å². The normalized spacial score (nSPS) is 12.1. The summed E-state index contributed by atoms with van der Waals surface area (Å²) in [7, 11) is 3.74. The van der Waals surface area contributed by atoms with E-state index in [1.165, 1.54) is 0 Å². The molecule has 2 N–H and O–H groups in total. The minimum atomic E-state index is 0.0344. The summed E-state index contributed by atoms with van der Waals surface area (Å²) < 4.78 is 0.855. The van der Waals surface area contributed by atoms with Crippen molar-refractivity contribution >= 4 is 40.2 Å². The van der Waals surface area contributed by atoms with Gasteiger partial charge < -0.3 is 15.5 Å². The average Bonchev–Trinajstić information content (AvgIpc) is 2.39.